The molecule has 0 saturated heterocycles. The standard InChI is InChI=1S/C12H23O5P.2Na.2H/c13-11-9-7-5-3-1-2-4-6-8-10-12(14)18(15,16)17;;;;/h11H,1-10H2,(H2,15,16,17);;;;/q;2*+1;2*-1. The minimum Gasteiger partial charge on any atom is -1.00 e. The Morgan fingerprint density at radius 3 is 1.70 bits per heavy atom. The van der Waals surface area contributed by atoms with E-state index in [1.807, 2.05) is 0 Å². The number of rotatable bonds is 12. The van der Waals surface area contributed by atoms with Crippen molar-refractivity contribution in [3.63, 3.8) is 0 Å². The smallest absolute Gasteiger partial charge is 1.00 e. The molecule has 20 heavy (non-hydrogen) atoms. The number of carbonyl (C=O) groups excluding carboxylic acids is 2. The van der Waals surface area contributed by atoms with E-state index >= 15 is 0 Å². The van der Waals surface area contributed by atoms with Crippen molar-refractivity contribution in [1.82, 2.24) is 0 Å². The van der Waals surface area contributed by atoms with Crippen LogP contribution in [0, 0.1) is 0 Å². The predicted octanol–water partition coefficient (Wildman–Crippen LogP) is -2.98. The Morgan fingerprint density at radius 2 is 1.30 bits per heavy atom. The van der Waals surface area contributed by atoms with Crippen LogP contribution in [0.1, 0.15) is 67.1 Å². The molecule has 0 bridgehead atoms. The second kappa shape index (κ2) is 16.9. The van der Waals surface area contributed by atoms with Crippen LogP contribution in [0.25, 0.3) is 0 Å². The van der Waals surface area contributed by atoms with Gasteiger partial charge in [-0.1, -0.05) is 38.5 Å². The normalized spacial score (nSPS) is 10.3. The molecular formula is C12H25Na2O5P. The van der Waals surface area contributed by atoms with Crippen LogP contribution in [0.2, 0.25) is 0 Å². The Morgan fingerprint density at radius 1 is 0.900 bits per heavy atom. The van der Waals surface area contributed by atoms with Crippen LogP contribution < -0.4 is 59.1 Å². The topological polar surface area (TPSA) is 91.7 Å². The Hall–Kier alpha value is 1.49. The van der Waals surface area contributed by atoms with Crippen LogP contribution >= 0.6 is 7.60 Å². The molecule has 0 aliphatic heterocycles. The van der Waals surface area contributed by atoms with Crippen LogP contribution in [0.3, 0.4) is 0 Å². The van der Waals surface area contributed by atoms with Gasteiger partial charge in [0.25, 0.3) is 0 Å². The molecule has 0 atom stereocenters. The largest absolute Gasteiger partial charge is 1.00 e. The van der Waals surface area contributed by atoms with Gasteiger partial charge in [-0.25, -0.2) is 0 Å². The van der Waals surface area contributed by atoms with Gasteiger partial charge in [0, 0.05) is 12.8 Å². The fourth-order valence-corrected chi connectivity index (χ4v) is 2.16. The minimum atomic E-state index is -4.50. The van der Waals surface area contributed by atoms with Gasteiger partial charge in [-0.05, 0) is 12.8 Å². The summed E-state index contributed by atoms with van der Waals surface area (Å²) in [6.45, 7) is 0. The number of unbranched alkanes of at least 4 members (excludes halogenated alkanes) is 8. The van der Waals surface area contributed by atoms with E-state index in [2.05, 4.69) is 0 Å². The first-order chi connectivity index (χ1) is 8.48. The summed E-state index contributed by atoms with van der Waals surface area (Å²) in [7, 11) is -4.50. The first-order valence-corrected chi connectivity index (χ1v) is 8.12. The van der Waals surface area contributed by atoms with Crippen LogP contribution in [-0.4, -0.2) is 21.6 Å². The zero-order valence-corrected chi connectivity index (χ0v) is 17.6. The molecular weight excluding hydrogens is 301 g/mol. The van der Waals surface area contributed by atoms with Gasteiger partial charge >= 0.3 is 66.7 Å². The average Bonchev–Trinajstić information content (AvgIpc) is 2.30. The second-order valence-corrected chi connectivity index (χ2v) is 6.06. The van der Waals surface area contributed by atoms with Gasteiger partial charge in [0.05, 0.1) is 0 Å². The van der Waals surface area contributed by atoms with Gasteiger partial charge in [0.15, 0.2) is 0 Å². The molecule has 0 radical (unpaired) electrons. The van der Waals surface area contributed by atoms with Crippen LogP contribution in [-0.2, 0) is 14.2 Å². The molecule has 110 valence electrons. The molecule has 2 N–H and O–H groups in total. The Balaban J connectivity index is -0.000000241. The molecule has 0 aromatic heterocycles. The van der Waals surface area contributed by atoms with E-state index in [1.54, 1.807) is 0 Å². The van der Waals surface area contributed by atoms with Gasteiger partial charge in [0.1, 0.15) is 6.29 Å². The molecule has 0 fully saturated rings. The van der Waals surface area contributed by atoms with Crippen molar-refractivity contribution in [2.75, 3.05) is 0 Å². The molecule has 0 amide bonds. The molecule has 0 aromatic carbocycles. The van der Waals surface area contributed by atoms with E-state index in [1.165, 1.54) is 0 Å². The molecule has 0 aliphatic rings. The van der Waals surface area contributed by atoms with E-state index in [9.17, 15) is 14.2 Å². The summed E-state index contributed by atoms with van der Waals surface area (Å²) in [6.07, 6.45) is 9.28. The maximum absolute atomic E-state index is 10.9. The van der Waals surface area contributed by atoms with Crippen molar-refractivity contribution in [3.05, 3.63) is 0 Å². The van der Waals surface area contributed by atoms with Crippen molar-refractivity contribution in [2.45, 2.75) is 64.2 Å². The Bertz CT molecular complexity index is 303. The van der Waals surface area contributed by atoms with Crippen LogP contribution in [0.4, 0.5) is 0 Å². The molecule has 0 spiro atoms. The second-order valence-electron chi connectivity index (χ2n) is 4.47. The number of aldehydes is 1. The van der Waals surface area contributed by atoms with Gasteiger partial charge in [-0.15, -0.1) is 0 Å². The van der Waals surface area contributed by atoms with E-state index < -0.39 is 13.1 Å². The number of hydrogen-bond donors (Lipinski definition) is 2. The van der Waals surface area contributed by atoms with E-state index in [-0.39, 0.29) is 68.4 Å². The van der Waals surface area contributed by atoms with Crippen molar-refractivity contribution >= 4 is 19.4 Å². The third-order valence-electron chi connectivity index (χ3n) is 2.79. The van der Waals surface area contributed by atoms with Gasteiger partial charge < -0.3 is 17.4 Å². The summed E-state index contributed by atoms with van der Waals surface area (Å²) >= 11 is 0. The predicted molar refractivity (Wildman–Crippen MR) is 71.5 cm³/mol. The van der Waals surface area contributed by atoms with E-state index in [0.29, 0.717) is 12.8 Å². The van der Waals surface area contributed by atoms with Crippen molar-refractivity contribution in [1.29, 1.82) is 0 Å². The molecule has 8 heteroatoms. The maximum atomic E-state index is 10.9. The van der Waals surface area contributed by atoms with Gasteiger partial charge in [-0.2, -0.15) is 0 Å². The fourth-order valence-electron chi connectivity index (χ4n) is 1.71. The van der Waals surface area contributed by atoms with Gasteiger partial charge in [0.2, 0.25) is 5.52 Å². The fraction of sp³-hybridized carbons (Fsp3) is 0.833. The molecule has 0 saturated carbocycles. The summed E-state index contributed by atoms with van der Waals surface area (Å²) in [4.78, 5) is 38.1. The number of carbonyl (C=O) groups is 2. The number of hydrogen-bond acceptors (Lipinski definition) is 3. The Labute approximate surface area is 168 Å². The molecule has 0 heterocycles. The zero-order chi connectivity index (χ0) is 13.9. The molecule has 5 nitrogen and oxygen atoms in total. The minimum absolute atomic E-state index is 0. The SMILES string of the molecule is O=CCCCCCCCCCCC(=O)P(=O)(O)O.[H-].[H-].[Na+].[Na+]. The van der Waals surface area contributed by atoms with Crippen molar-refractivity contribution in [2.24, 2.45) is 0 Å². The average molecular weight is 326 g/mol. The molecule has 0 unspecified atom stereocenters. The van der Waals surface area contributed by atoms with Crippen LogP contribution in [0.5, 0.6) is 0 Å². The van der Waals surface area contributed by atoms with Gasteiger partial charge in [-0.3, -0.25) is 9.36 Å². The summed E-state index contributed by atoms with van der Waals surface area (Å²) in [5, 5.41) is 0. The summed E-state index contributed by atoms with van der Waals surface area (Å²) < 4.78 is 10.5. The van der Waals surface area contributed by atoms with Crippen molar-refractivity contribution < 1.29 is 85.9 Å². The summed E-state index contributed by atoms with van der Waals surface area (Å²) in [5.74, 6) is 0. The van der Waals surface area contributed by atoms with E-state index in [4.69, 9.17) is 9.79 Å². The summed E-state index contributed by atoms with van der Waals surface area (Å²) in [5.41, 5.74) is -0.948. The zero-order valence-electron chi connectivity index (χ0n) is 14.7. The van der Waals surface area contributed by atoms with Crippen molar-refractivity contribution in [3.8, 4) is 0 Å². The third kappa shape index (κ3) is 17.5. The first kappa shape index (κ1) is 26.4. The van der Waals surface area contributed by atoms with E-state index in [0.717, 1.165) is 51.2 Å². The maximum Gasteiger partial charge on any atom is 1.00 e. The Kier molecular flexibility index (Phi) is 22.2. The van der Waals surface area contributed by atoms with Crippen LogP contribution in [0.15, 0.2) is 0 Å². The molecule has 0 rings (SSSR count). The summed E-state index contributed by atoms with van der Waals surface area (Å²) in [6, 6.07) is 0. The molecule has 0 aromatic rings. The molecule has 0 aliphatic carbocycles. The first-order valence-electron chi connectivity index (χ1n) is 6.51. The monoisotopic (exact) mass is 326 g/mol. The quantitative estimate of drug-likeness (QED) is 0.173. The third-order valence-corrected chi connectivity index (χ3v) is 3.66.